The molecule has 0 aliphatic carbocycles. The number of nitrogens with two attached hydrogens (primary N) is 1. The quantitative estimate of drug-likeness (QED) is 0.397. The predicted octanol–water partition coefficient (Wildman–Crippen LogP) is 1.39. The maximum atomic E-state index is 12.5. The fourth-order valence-electron chi connectivity index (χ4n) is 2.88. The van der Waals surface area contributed by atoms with Crippen molar-refractivity contribution in [3.05, 3.63) is 65.2 Å². The van der Waals surface area contributed by atoms with E-state index in [4.69, 9.17) is 15.2 Å². The van der Waals surface area contributed by atoms with Gasteiger partial charge in [-0.2, -0.15) is 0 Å². The van der Waals surface area contributed by atoms with E-state index in [1.54, 1.807) is 24.3 Å². The predicted molar refractivity (Wildman–Crippen MR) is 120 cm³/mol. The molecule has 0 aliphatic rings. The monoisotopic (exact) mass is 456 g/mol. The summed E-state index contributed by atoms with van der Waals surface area (Å²) < 4.78 is 10.6. The molecule has 33 heavy (non-hydrogen) atoms. The van der Waals surface area contributed by atoms with Crippen LogP contribution in [-0.4, -0.2) is 36.5 Å². The zero-order chi connectivity index (χ0) is 24.2. The molecule has 0 heterocycles. The Bertz CT molecular complexity index is 960. The van der Waals surface area contributed by atoms with Gasteiger partial charge in [-0.3, -0.25) is 25.2 Å². The number of primary amides is 1. The van der Waals surface area contributed by atoms with Crippen LogP contribution in [0.3, 0.4) is 0 Å². The molecule has 10 nitrogen and oxygen atoms in total. The molecule has 2 aromatic carbocycles. The van der Waals surface area contributed by atoms with E-state index in [1.165, 1.54) is 0 Å². The minimum atomic E-state index is -1.15. The highest BCUT2D eigenvalue weighted by molar-refractivity contribution is 5.88. The van der Waals surface area contributed by atoms with Gasteiger partial charge in [0.1, 0.15) is 18.4 Å². The van der Waals surface area contributed by atoms with Crippen molar-refractivity contribution in [3.63, 3.8) is 0 Å². The van der Waals surface area contributed by atoms with Crippen LogP contribution < -0.4 is 26.6 Å². The lowest BCUT2D eigenvalue weighted by molar-refractivity contribution is -0.131. The fraction of sp³-hybridized carbons (Fsp3) is 0.304. The summed E-state index contributed by atoms with van der Waals surface area (Å²) in [5, 5.41) is 2.38. The van der Waals surface area contributed by atoms with E-state index < -0.39 is 29.9 Å². The number of ether oxygens (including phenoxy) is 2. The van der Waals surface area contributed by atoms with Crippen LogP contribution in [0.1, 0.15) is 29.5 Å². The average Bonchev–Trinajstić information content (AvgIpc) is 2.79. The zero-order valence-electron chi connectivity index (χ0n) is 18.6. The van der Waals surface area contributed by atoms with E-state index in [0.717, 1.165) is 16.7 Å². The molecule has 176 valence electrons. The Morgan fingerprint density at radius 1 is 0.939 bits per heavy atom. The second-order valence-corrected chi connectivity index (χ2v) is 7.31. The number of carbonyl (C=O) groups is 4. The summed E-state index contributed by atoms with van der Waals surface area (Å²) in [4.78, 5) is 47.8. The molecule has 0 radical (unpaired) electrons. The van der Waals surface area contributed by atoms with Crippen molar-refractivity contribution >= 4 is 23.8 Å². The minimum absolute atomic E-state index is 0.00320. The number of alkyl carbamates (subject to hydrolysis) is 1. The van der Waals surface area contributed by atoms with E-state index >= 15 is 0 Å². The van der Waals surface area contributed by atoms with E-state index in [0.29, 0.717) is 5.75 Å². The summed E-state index contributed by atoms with van der Waals surface area (Å²) in [6.45, 7) is 3.38. The van der Waals surface area contributed by atoms with Gasteiger partial charge in [-0.15, -0.1) is 0 Å². The number of amides is 4. The summed E-state index contributed by atoms with van der Waals surface area (Å²) in [7, 11) is 0. The van der Waals surface area contributed by atoms with Crippen molar-refractivity contribution in [2.45, 2.75) is 39.3 Å². The van der Waals surface area contributed by atoms with Crippen molar-refractivity contribution in [3.8, 4) is 5.75 Å². The van der Waals surface area contributed by atoms with E-state index in [1.807, 2.05) is 38.1 Å². The number of carbonyl (C=O) groups excluding carboxylic acids is 4. The third kappa shape index (κ3) is 8.90. The molecular formula is C23H28N4O6. The van der Waals surface area contributed by atoms with Crippen molar-refractivity contribution in [1.29, 1.82) is 0 Å². The molecule has 0 aromatic heterocycles. The summed E-state index contributed by atoms with van der Waals surface area (Å²) in [5.41, 5.74) is 12.1. The third-order valence-corrected chi connectivity index (χ3v) is 4.58. The lowest BCUT2D eigenvalue weighted by Gasteiger charge is -2.18. The lowest BCUT2D eigenvalue weighted by Crippen LogP contribution is -2.53. The van der Waals surface area contributed by atoms with Gasteiger partial charge in [-0.25, -0.2) is 4.79 Å². The maximum absolute atomic E-state index is 12.5. The first-order chi connectivity index (χ1) is 15.8. The second-order valence-electron chi connectivity index (χ2n) is 7.31. The summed E-state index contributed by atoms with van der Waals surface area (Å²) in [5.74, 6) is -1.40. The van der Waals surface area contributed by atoms with Crippen LogP contribution in [0.25, 0.3) is 0 Å². The molecule has 0 unspecified atom stereocenters. The SMILES string of the molecule is Cc1cccc(C)c1OCC(=O)NNC(=O)[C@H](CCC(N)=O)NC(=O)OCc1ccccc1. The Balaban J connectivity index is 1.85. The Kier molecular flexibility index (Phi) is 9.69. The second kappa shape index (κ2) is 12.7. The van der Waals surface area contributed by atoms with Crippen molar-refractivity contribution in [2.75, 3.05) is 6.61 Å². The Morgan fingerprint density at radius 3 is 2.24 bits per heavy atom. The molecule has 0 spiro atoms. The van der Waals surface area contributed by atoms with Gasteiger partial charge in [0, 0.05) is 6.42 Å². The molecule has 0 saturated heterocycles. The number of hydrazine groups is 1. The number of rotatable bonds is 10. The number of hydrogen-bond acceptors (Lipinski definition) is 6. The summed E-state index contributed by atoms with van der Waals surface area (Å²) in [6.07, 6.45) is -1.08. The molecule has 10 heteroatoms. The van der Waals surface area contributed by atoms with Gasteiger partial charge in [0.2, 0.25) is 5.91 Å². The fourth-order valence-corrected chi connectivity index (χ4v) is 2.88. The normalized spacial score (nSPS) is 11.1. The van der Waals surface area contributed by atoms with Crippen LogP contribution in [0.5, 0.6) is 5.75 Å². The molecule has 5 N–H and O–H groups in total. The van der Waals surface area contributed by atoms with Gasteiger partial charge in [-0.1, -0.05) is 48.5 Å². The van der Waals surface area contributed by atoms with Crippen LogP contribution in [0.2, 0.25) is 0 Å². The minimum Gasteiger partial charge on any atom is -0.483 e. The van der Waals surface area contributed by atoms with E-state index in [2.05, 4.69) is 16.2 Å². The molecule has 0 saturated carbocycles. The zero-order valence-corrected chi connectivity index (χ0v) is 18.6. The highest BCUT2D eigenvalue weighted by Crippen LogP contribution is 2.21. The van der Waals surface area contributed by atoms with Crippen molar-refractivity contribution < 1.29 is 28.7 Å². The number of nitrogens with one attached hydrogen (secondary N) is 3. The maximum Gasteiger partial charge on any atom is 0.408 e. The smallest absolute Gasteiger partial charge is 0.408 e. The van der Waals surface area contributed by atoms with E-state index in [-0.39, 0.29) is 26.1 Å². The molecule has 0 fully saturated rings. The number of aryl methyl sites for hydroxylation is 2. The largest absolute Gasteiger partial charge is 0.483 e. The standard InChI is InChI=1S/C23H28N4O6/c1-15-7-6-8-16(2)21(15)32-14-20(29)26-27-22(30)18(11-12-19(24)28)25-23(31)33-13-17-9-4-3-5-10-17/h3-10,18H,11-14H2,1-2H3,(H2,24,28)(H,25,31)(H,26,29)(H,27,30)/t18-/m0/s1. The molecule has 0 bridgehead atoms. The third-order valence-electron chi connectivity index (χ3n) is 4.58. The molecular weight excluding hydrogens is 428 g/mol. The Hall–Kier alpha value is -4.08. The highest BCUT2D eigenvalue weighted by Gasteiger charge is 2.23. The first-order valence-corrected chi connectivity index (χ1v) is 10.3. The van der Waals surface area contributed by atoms with Crippen LogP contribution >= 0.6 is 0 Å². The molecule has 0 aliphatic heterocycles. The van der Waals surface area contributed by atoms with Crippen LogP contribution in [0.4, 0.5) is 4.79 Å². The van der Waals surface area contributed by atoms with Gasteiger partial charge in [0.05, 0.1) is 0 Å². The summed E-state index contributed by atoms with van der Waals surface area (Å²) >= 11 is 0. The van der Waals surface area contributed by atoms with E-state index in [9.17, 15) is 19.2 Å². The highest BCUT2D eigenvalue weighted by atomic mass is 16.5. The lowest BCUT2D eigenvalue weighted by atomic mass is 10.1. The van der Waals surface area contributed by atoms with Gasteiger partial charge in [0.25, 0.3) is 11.8 Å². The molecule has 2 rings (SSSR count). The molecule has 4 amide bonds. The van der Waals surface area contributed by atoms with Gasteiger partial charge >= 0.3 is 6.09 Å². The number of benzene rings is 2. The van der Waals surface area contributed by atoms with Gasteiger partial charge in [-0.05, 0) is 37.0 Å². The molecule has 1 atom stereocenters. The van der Waals surface area contributed by atoms with Crippen LogP contribution in [-0.2, 0) is 25.7 Å². The Morgan fingerprint density at radius 2 is 1.61 bits per heavy atom. The summed E-state index contributed by atoms with van der Waals surface area (Å²) in [6, 6.07) is 13.4. The van der Waals surface area contributed by atoms with Gasteiger partial charge < -0.3 is 20.5 Å². The van der Waals surface area contributed by atoms with Gasteiger partial charge in [0.15, 0.2) is 6.61 Å². The first-order valence-electron chi connectivity index (χ1n) is 10.3. The number of hydrogen-bond donors (Lipinski definition) is 4. The van der Waals surface area contributed by atoms with Crippen LogP contribution in [0, 0.1) is 13.8 Å². The van der Waals surface area contributed by atoms with Crippen molar-refractivity contribution in [2.24, 2.45) is 5.73 Å². The molecule has 2 aromatic rings. The average molecular weight is 456 g/mol. The Labute approximate surface area is 191 Å². The number of para-hydroxylation sites is 1. The first kappa shape index (κ1) is 25.2. The van der Waals surface area contributed by atoms with Crippen molar-refractivity contribution in [1.82, 2.24) is 16.2 Å². The van der Waals surface area contributed by atoms with Crippen LogP contribution in [0.15, 0.2) is 48.5 Å². The topological polar surface area (TPSA) is 149 Å².